The van der Waals surface area contributed by atoms with Gasteiger partial charge in [0.25, 0.3) is 5.91 Å². The maximum atomic E-state index is 12.1. The van der Waals surface area contributed by atoms with Crippen LogP contribution < -0.4 is 10.0 Å². The van der Waals surface area contributed by atoms with Crippen LogP contribution in [-0.4, -0.2) is 28.9 Å². The zero-order chi connectivity index (χ0) is 16.2. The number of carbonyl (C=O) groups excluding carboxylic acids is 1. The molecule has 0 spiro atoms. The van der Waals surface area contributed by atoms with Crippen LogP contribution in [0.3, 0.4) is 0 Å². The second kappa shape index (κ2) is 7.06. The highest BCUT2D eigenvalue weighted by molar-refractivity contribution is 7.13. The first kappa shape index (κ1) is 15.9. The fourth-order valence-electron chi connectivity index (χ4n) is 2.85. The number of rotatable bonds is 4. The van der Waals surface area contributed by atoms with Gasteiger partial charge in [-0.15, -0.1) is 11.3 Å². The number of likely N-dealkylation sites (tertiary alicyclic amines) is 1. The molecule has 0 aromatic carbocycles. The molecule has 1 amide bonds. The van der Waals surface area contributed by atoms with E-state index in [1.807, 2.05) is 5.38 Å². The first-order chi connectivity index (χ1) is 11.1. The molecule has 0 saturated carbocycles. The molecule has 1 atom stereocenters. The smallest absolute Gasteiger partial charge is 0.263 e. The minimum absolute atomic E-state index is 0.317. The van der Waals surface area contributed by atoms with Gasteiger partial charge < -0.3 is 5.21 Å². The topological polar surface area (TPSA) is 72.2 Å². The summed E-state index contributed by atoms with van der Waals surface area (Å²) >= 11 is 1.41. The predicted molar refractivity (Wildman–Crippen MR) is 89.1 cm³/mol. The number of pyridine rings is 1. The molecule has 23 heavy (non-hydrogen) atoms. The van der Waals surface area contributed by atoms with E-state index in [1.54, 1.807) is 12.1 Å². The van der Waals surface area contributed by atoms with Crippen molar-refractivity contribution >= 4 is 22.4 Å². The lowest BCUT2D eigenvalue weighted by Gasteiger charge is -2.30. The van der Waals surface area contributed by atoms with Gasteiger partial charge in [-0.1, -0.05) is 6.92 Å². The van der Waals surface area contributed by atoms with E-state index in [-0.39, 0.29) is 5.91 Å². The Bertz CT molecular complexity index is 688. The number of thiazole rings is 1. The van der Waals surface area contributed by atoms with Gasteiger partial charge in [0.05, 0.1) is 5.69 Å². The lowest BCUT2D eigenvalue weighted by atomic mass is 10.0. The minimum atomic E-state index is -0.317. The molecule has 7 heteroatoms. The van der Waals surface area contributed by atoms with Gasteiger partial charge in [-0.2, -0.15) is 4.73 Å². The van der Waals surface area contributed by atoms with Crippen LogP contribution in [0.1, 0.15) is 35.8 Å². The van der Waals surface area contributed by atoms with E-state index in [0.29, 0.717) is 15.4 Å². The van der Waals surface area contributed by atoms with Crippen molar-refractivity contribution in [3.05, 3.63) is 46.4 Å². The van der Waals surface area contributed by atoms with E-state index < -0.39 is 0 Å². The van der Waals surface area contributed by atoms with Gasteiger partial charge in [0.1, 0.15) is 5.56 Å². The third-order valence-electron chi connectivity index (χ3n) is 3.94. The number of amides is 1. The summed E-state index contributed by atoms with van der Waals surface area (Å²) in [6, 6.07) is 3.15. The van der Waals surface area contributed by atoms with Gasteiger partial charge in [0.15, 0.2) is 17.5 Å². The Morgan fingerprint density at radius 2 is 2.48 bits per heavy atom. The third kappa shape index (κ3) is 4.27. The number of nitrogens with one attached hydrogen (secondary N) is 1. The second-order valence-corrected chi connectivity index (χ2v) is 6.89. The Morgan fingerprint density at radius 1 is 1.61 bits per heavy atom. The lowest BCUT2D eigenvalue weighted by Crippen LogP contribution is -2.33. The fraction of sp³-hybridized carbons (Fsp3) is 0.438. The molecule has 2 aromatic rings. The predicted octanol–water partition coefficient (Wildman–Crippen LogP) is 2.26. The van der Waals surface area contributed by atoms with Crippen LogP contribution in [0.5, 0.6) is 0 Å². The Morgan fingerprint density at radius 3 is 3.26 bits per heavy atom. The molecule has 0 aliphatic carbocycles. The monoisotopic (exact) mass is 332 g/mol. The zero-order valence-corrected chi connectivity index (χ0v) is 13.9. The molecule has 1 aliphatic heterocycles. The lowest BCUT2D eigenvalue weighted by molar-refractivity contribution is -0.605. The Hall–Kier alpha value is -1.99. The number of anilines is 1. The first-order valence-electron chi connectivity index (χ1n) is 7.77. The van der Waals surface area contributed by atoms with E-state index in [9.17, 15) is 10.0 Å². The summed E-state index contributed by atoms with van der Waals surface area (Å²) in [6.45, 7) is 5.31. The Labute approximate surface area is 139 Å². The third-order valence-corrected chi connectivity index (χ3v) is 4.74. The molecule has 0 radical (unpaired) electrons. The summed E-state index contributed by atoms with van der Waals surface area (Å²) in [5, 5.41) is 16.5. The Kier molecular flexibility index (Phi) is 4.88. The molecule has 122 valence electrons. The van der Waals surface area contributed by atoms with Crippen molar-refractivity contribution < 1.29 is 9.52 Å². The number of carbonyl (C=O) groups is 1. The van der Waals surface area contributed by atoms with E-state index in [1.165, 1.54) is 36.6 Å². The average molecular weight is 332 g/mol. The molecule has 0 bridgehead atoms. The first-order valence-corrected chi connectivity index (χ1v) is 8.65. The van der Waals surface area contributed by atoms with Crippen molar-refractivity contribution in [2.24, 2.45) is 5.92 Å². The molecule has 3 heterocycles. The zero-order valence-electron chi connectivity index (χ0n) is 13.1. The summed E-state index contributed by atoms with van der Waals surface area (Å²) in [4.78, 5) is 19.0. The number of nitrogens with zero attached hydrogens (tertiary/aromatic N) is 3. The van der Waals surface area contributed by atoms with Gasteiger partial charge in [-0.25, -0.2) is 4.98 Å². The molecular weight excluding hydrogens is 312 g/mol. The number of hydrogen-bond acceptors (Lipinski definition) is 5. The summed E-state index contributed by atoms with van der Waals surface area (Å²) in [6.07, 6.45) is 5.13. The highest BCUT2D eigenvalue weighted by atomic mass is 32.1. The van der Waals surface area contributed by atoms with Gasteiger partial charge in [0.2, 0.25) is 0 Å². The van der Waals surface area contributed by atoms with E-state index in [0.717, 1.165) is 31.2 Å². The van der Waals surface area contributed by atoms with Crippen LogP contribution in [0.4, 0.5) is 5.13 Å². The summed E-state index contributed by atoms with van der Waals surface area (Å²) < 4.78 is 0.611. The normalized spacial score (nSPS) is 18.7. The molecular formula is C16H20N4O2S. The average Bonchev–Trinajstić information content (AvgIpc) is 2.94. The van der Waals surface area contributed by atoms with Crippen LogP contribution in [0.15, 0.2) is 29.9 Å². The molecule has 1 N–H and O–H groups in total. The number of piperidine rings is 1. The van der Waals surface area contributed by atoms with E-state index in [2.05, 4.69) is 22.1 Å². The maximum absolute atomic E-state index is 12.1. The van der Waals surface area contributed by atoms with E-state index >= 15 is 0 Å². The SMILES string of the molecule is CC1CCCN(Cc2csc(NC(=O)c3ccc[n+]([O-])c3)n2)C1. The van der Waals surface area contributed by atoms with Crippen molar-refractivity contribution in [2.45, 2.75) is 26.3 Å². The minimum Gasteiger partial charge on any atom is -0.619 e. The summed E-state index contributed by atoms with van der Waals surface area (Å²) in [5.74, 6) is 0.418. The molecule has 1 fully saturated rings. The summed E-state index contributed by atoms with van der Waals surface area (Å²) in [5.41, 5.74) is 1.30. The molecule has 3 rings (SSSR count). The number of aromatic nitrogens is 2. The standard InChI is InChI=1S/C16H20N4O2S/c1-12-4-2-6-19(8-12)10-14-11-23-16(17-14)18-15(21)13-5-3-7-20(22)9-13/h3,5,7,9,11-12H,2,4,6,8,10H2,1H3,(H,17,18,21). The Balaban J connectivity index is 1.59. The van der Waals surface area contributed by atoms with Gasteiger partial charge in [0, 0.05) is 24.5 Å². The molecule has 1 unspecified atom stereocenters. The van der Waals surface area contributed by atoms with Crippen molar-refractivity contribution in [3.63, 3.8) is 0 Å². The molecule has 1 aliphatic rings. The van der Waals surface area contributed by atoms with Crippen molar-refractivity contribution in [1.82, 2.24) is 9.88 Å². The van der Waals surface area contributed by atoms with Gasteiger partial charge >= 0.3 is 0 Å². The van der Waals surface area contributed by atoms with Crippen LogP contribution in [-0.2, 0) is 6.54 Å². The number of hydrogen-bond donors (Lipinski definition) is 1. The quantitative estimate of drug-likeness (QED) is 0.688. The molecule has 2 aromatic heterocycles. The summed E-state index contributed by atoms with van der Waals surface area (Å²) in [7, 11) is 0. The van der Waals surface area contributed by atoms with Crippen LogP contribution in [0.2, 0.25) is 0 Å². The highest BCUT2D eigenvalue weighted by Crippen LogP contribution is 2.21. The van der Waals surface area contributed by atoms with Crippen molar-refractivity contribution in [1.29, 1.82) is 0 Å². The van der Waals surface area contributed by atoms with Crippen LogP contribution in [0, 0.1) is 11.1 Å². The molecule has 1 saturated heterocycles. The van der Waals surface area contributed by atoms with Gasteiger partial charge in [-0.05, 0) is 31.4 Å². The van der Waals surface area contributed by atoms with Gasteiger partial charge in [-0.3, -0.25) is 15.0 Å². The molecule has 6 nitrogen and oxygen atoms in total. The fourth-order valence-corrected chi connectivity index (χ4v) is 3.55. The van der Waals surface area contributed by atoms with Crippen molar-refractivity contribution in [3.8, 4) is 0 Å². The largest absolute Gasteiger partial charge is 0.619 e. The highest BCUT2D eigenvalue weighted by Gasteiger charge is 2.18. The second-order valence-electron chi connectivity index (χ2n) is 6.03. The maximum Gasteiger partial charge on any atom is 0.263 e. The van der Waals surface area contributed by atoms with Crippen LogP contribution in [0.25, 0.3) is 0 Å². The van der Waals surface area contributed by atoms with Crippen LogP contribution >= 0.6 is 11.3 Å². The van der Waals surface area contributed by atoms with Crippen molar-refractivity contribution in [2.75, 3.05) is 18.4 Å². The van der Waals surface area contributed by atoms with E-state index in [4.69, 9.17) is 0 Å².